The Morgan fingerprint density at radius 2 is 2.06 bits per heavy atom. The summed E-state index contributed by atoms with van der Waals surface area (Å²) in [5.74, 6) is 0.245. The van der Waals surface area contributed by atoms with Crippen LogP contribution in [0, 0.1) is 12.0 Å². The van der Waals surface area contributed by atoms with Crippen molar-refractivity contribution in [1.29, 1.82) is 0 Å². The van der Waals surface area contributed by atoms with Crippen molar-refractivity contribution in [2.75, 3.05) is 36.5 Å². The third kappa shape index (κ3) is 4.93. The topological polar surface area (TPSA) is 86.5 Å². The van der Waals surface area contributed by atoms with Crippen LogP contribution in [0.4, 0.5) is 21.9 Å². The SMILES string of the molecule is [C-]#[N+]c1cc(NC(=O)OCCC)ccc1N1CCC[C@@]2(CCN(C3CCC(O)CC3)C2=O)C1. The van der Waals surface area contributed by atoms with Crippen LogP contribution in [0.3, 0.4) is 0 Å². The van der Waals surface area contributed by atoms with Crippen LogP contribution < -0.4 is 10.2 Å². The van der Waals surface area contributed by atoms with Crippen molar-refractivity contribution >= 4 is 29.1 Å². The number of nitrogens with one attached hydrogen (secondary N) is 1. The zero-order valence-electron chi connectivity index (χ0n) is 19.4. The van der Waals surface area contributed by atoms with E-state index in [9.17, 15) is 14.7 Å². The van der Waals surface area contributed by atoms with Crippen molar-refractivity contribution < 1.29 is 19.4 Å². The highest BCUT2D eigenvalue weighted by Gasteiger charge is 2.50. The van der Waals surface area contributed by atoms with Gasteiger partial charge in [0.2, 0.25) is 11.6 Å². The summed E-state index contributed by atoms with van der Waals surface area (Å²) < 4.78 is 5.06. The summed E-state index contributed by atoms with van der Waals surface area (Å²) in [5, 5.41) is 12.5. The quantitative estimate of drug-likeness (QED) is 0.647. The Bertz CT molecular complexity index is 921. The average molecular weight is 455 g/mol. The number of benzene rings is 1. The first-order chi connectivity index (χ1) is 16.0. The molecule has 8 heteroatoms. The van der Waals surface area contributed by atoms with Gasteiger partial charge in [-0.25, -0.2) is 9.64 Å². The fourth-order valence-electron chi connectivity index (χ4n) is 5.59. The van der Waals surface area contributed by atoms with Crippen LogP contribution in [0.1, 0.15) is 58.3 Å². The second-order valence-corrected chi connectivity index (χ2v) is 9.59. The maximum Gasteiger partial charge on any atom is 0.411 e. The molecule has 2 amide bonds. The molecule has 0 bridgehead atoms. The van der Waals surface area contributed by atoms with Crippen molar-refractivity contribution in [2.45, 2.75) is 70.4 Å². The van der Waals surface area contributed by atoms with Gasteiger partial charge in [0.05, 0.1) is 24.7 Å². The molecule has 0 aromatic heterocycles. The van der Waals surface area contributed by atoms with Gasteiger partial charge >= 0.3 is 6.09 Å². The average Bonchev–Trinajstić information content (AvgIpc) is 3.13. The smallest absolute Gasteiger partial charge is 0.411 e. The van der Waals surface area contributed by atoms with Crippen molar-refractivity contribution in [3.05, 3.63) is 29.6 Å². The summed E-state index contributed by atoms with van der Waals surface area (Å²) in [6.45, 7) is 12.2. The maximum absolute atomic E-state index is 13.6. The summed E-state index contributed by atoms with van der Waals surface area (Å²) in [4.78, 5) is 33.4. The predicted molar refractivity (Wildman–Crippen MR) is 126 cm³/mol. The van der Waals surface area contributed by atoms with Gasteiger partial charge in [0.15, 0.2) is 0 Å². The van der Waals surface area contributed by atoms with Gasteiger partial charge < -0.3 is 19.6 Å². The molecule has 0 unspecified atom stereocenters. The molecule has 2 aliphatic heterocycles. The molecule has 2 saturated heterocycles. The van der Waals surface area contributed by atoms with Crippen molar-refractivity contribution in [3.8, 4) is 0 Å². The van der Waals surface area contributed by atoms with E-state index in [0.717, 1.165) is 70.1 Å². The minimum Gasteiger partial charge on any atom is -0.449 e. The first-order valence-corrected chi connectivity index (χ1v) is 12.1. The number of carbonyl (C=O) groups excluding carboxylic acids is 2. The number of amides is 2. The van der Waals surface area contributed by atoms with E-state index in [2.05, 4.69) is 20.0 Å². The molecule has 0 radical (unpaired) electrons. The lowest BCUT2D eigenvalue weighted by atomic mass is 9.78. The van der Waals surface area contributed by atoms with Crippen LogP contribution in [0.2, 0.25) is 0 Å². The van der Waals surface area contributed by atoms with Gasteiger partial charge in [0.25, 0.3) is 0 Å². The number of aliphatic hydroxyl groups is 1. The summed E-state index contributed by atoms with van der Waals surface area (Å²) >= 11 is 0. The van der Waals surface area contributed by atoms with Crippen molar-refractivity contribution in [3.63, 3.8) is 0 Å². The predicted octanol–water partition coefficient (Wildman–Crippen LogP) is 4.32. The molecule has 4 rings (SSSR count). The molecule has 1 spiro atoms. The van der Waals surface area contributed by atoms with Crippen LogP contribution in [0.5, 0.6) is 0 Å². The third-order valence-electron chi connectivity index (χ3n) is 7.35. The molecule has 2 heterocycles. The van der Waals surface area contributed by atoms with E-state index in [-0.39, 0.29) is 18.1 Å². The van der Waals surface area contributed by atoms with E-state index in [0.29, 0.717) is 24.5 Å². The molecule has 1 aromatic carbocycles. The number of aliphatic hydroxyl groups excluding tert-OH is 1. The van der Waals surface area contributed by atoms with Gasteiger partial charge in [-0.15, -0.1) is 0 Å². The van der Waals surface area contributed by atoms with Crippen LogP contribution in [0.25, 0.3) is 4.85 Å². The van der Waals surface area contributed by atoms with E-state index < -0.39 is 11.5 Å². The number of nitrogens with zero attached hydrogens (tertiary/aromatic N) is 3. The fraction of sp³-hybridized carbons (Fsp3) is 0.640. The summed E-state index contributed by atoms with van der Waals surface area (Å²) in [5.41, 5.74) is 1.40. The van der Waals surface area contributed by atoms with E-state index in [4.69, 9.17) is 11.3 Å². The van der Waals surface area contributed by atoms with E-state index in [1.165, 1.54) is 0 Å². The lowest BCUT2D eigenvalue weighted by Gasteiger charge is -2.42. The number of anilines is 2. The molecule has 2 N–H and O–H groups in total. The molecule has 8 nitrogen and oxygen atoms in total. The molecule has 1 atom stereocenters. The van der Waals surface area contributed by atoms with Crippen molar-refractivity contribution in [2.24, 2.45) is 5.41 Å². The highest BCUT2D eigenvalue weighted by Crippen LogP contribution is 2.45. The zero-order valence-corrected chi connectivity index (χ0v) is 19.4. The van der Waals surface area contributed by atoms with Crippen molar-refractivity contribution in [1.82, 2.24) is 4.90 Å². The zero-order chi connectivity index (χ0) is 23.4. The van der Waals surface area contributed by atoms with Gasteiger partial charge in [-0.2, -0.15) is 0 Å². The Kier molecular flexibility index (Phi) is 7.08. The number of hydrogen-bond donors (Lipinski definition) is 2. The molecular formula is C25H34N4O4. The highest BCUT2D eigenvalue weighted by atomic mass is 16.5. The number of rotatable bonds is 5. The van der Waals surface area contributed by atoms with Gasteiger partial charge in [0, 0.05) is 37.1 Å². The fourth-order valence-corrected chi connectivity index (χ4v) is 5.59. The summed E-state index contributed by atoms with van der Waals surface area (Å²) in [7, 11) is 0. The minimum absolute atomic E-state index is 0.226. The standard InChI is InChI=1S/C25H34N4O4/c1-3-15-33-24(32)27-18-5-10-22(21(16-18)26-2)28-13-4-11-25(17-28)12-14-29(23(25)31)19-6-8-20(30)9-7-19/h5,10,16,19-20,30H,3-4,6-9,11-15,17H2,1H3,(H,27,32)/t19?,20?,25-/m1/s1. The van der Waals surface area contributed by atoms with Gasteiger partial charge in [-0.1, -0.05) is 6.92 Å². The van der Waals surface area contributed by atoms with Gasteiger partial charge in [-0.3, -0.25) is 10.1 Å². The van der Waals surface area contributed by atoms with Crippen LogP contribution in [-0.2, 0) is 9.53 Å². The Morgan fingerprint density at radius 1 is 1.27 bits per heavy atom. The monoisotopic (exact) mass is 454 g/mol. The Labute approximate surface area is 195 Å². The largest absolute Gasteiger partial charge is 0.449 e. The number of ether oxygens (including phenoxy) is 1. The first-order valence-electron chi connectivity index (χ1n) is 12.1. The second kappa shape index (κ2) is 10.0. The Balaban J connectivity index is 1.46. The normalized spacial score (nSPS) is 27.5. The lowest BCUT2D eigenvalue weighted by molar-refractivity contribution is -0.139. The summed E-state index contributed by atoms with van der Waals surface area (Å²) in [6.07, 6.45) is 5.93. The highest BCUT2D eigenvalue weighted by molar-refractivity contribution is 5.89. The number of piperidine rings is 1. The number of carbonyl (C=O) groups is 2. The molecule has 3 aliphatic rings. The molecule has 3 fully saturated rings. The number of likely N-dealkylation sites (tertiary alicyclic amines) is 1. The lowest BCUT2D eigenvalue weighted by Crippen LogP contribution is -2.50. The Hall–Kier alpha value is -2.79. The van der Waals surface area contributed by atoms with Crippen LogP contribution in [-0.4, -0.2) is 60.4 Å². The van der Waals surface area contributed by atoms with E-state index in [1.54, 1.807) is 12.1 Å². The molecule has 33 heavy (non-hydrogen) atoms. The maximum atomic E-state index is 13.6. The van der Waals surface area contributed by atoms with Crippen LogP contribution in [0.15, 0.2) is 18.2 Å². The third-order valence-corrected chi connectivity index (χ3v) is 7.35. The van der Waals surface area contributed by atoms with Crippen LogP contribution >= 0.6 is 0 Å². The Morgan fingerprint density at radius 3 is 2.79 bits per heavy atom. The molecule has 1 aromatic rings. The molecule has 1 aliphatic carbocycles. The number of hydrogen-bond acceptors (Lipinski definition) is 5. The van der Waals surface area contributed by atoms with Gasteiger partial charge in [-0.05, 0) is 69.6 Å². The minimum atomic E-state index is -0.524. The van der Waals surface area contributed by atoms with E-state index in [1.807, 2.05) is 13.0 Å². The molecule has 1 saturated carbocycles. The van der Waals surface area contributed by atoms with Gasteiger partial charge in [0.1, 0.15) is 0 Å². The first kappa shape index (κ1) is 23.4. The second-order valence-electron chi connectivity index (χ2n) is 9.59. The van der Waals surface area contributed by atoms with E-state index >= 15 is 0 Å². The summed E-state index contributed by atoms with van der Waals surface area (Å²) in [6, 6.07) is 5.57. The molecule has 178 valence electrons. The molecular weight excluding hydrogens is 420 g/mol.